The van der Waals surface area contributed by atoms with Gasteiger partial charge in [0.1, 0.15) is 0 Å². The summed E-state index contributed by atoms with van der Waals surface area (Å²) in [6.07, 6.45) is 4.73. The van der Waals surface area contributed by atoms with Crippen LogP contribution in [0.1, 0.15) is 117 Å². The predicted octanol–water partition coefficient (Wildman–Crippen LogP) is 21.8. The molecule has 0 spiro atoms. The van der Waals surface area contributed by atoms with Gasteiger partial charge >= 0.3 is 0 Å². The van der Waals surface area contributed by atoms with Crippen LogP contribution in [0.4, 0.5) is 0 Å². The number of hydrogen-bond acceptors (Lipinski definition) is 0. The van der Waals surface area contributed by atoms with Crippen LogP contribution in [0.2, 0.25) is 0 Å². The maximum Gasteiger partial charge on any atom is 0.0713 e. The third kappa shape index (κ3) is 8.57. The first kappa shape index (κ1) is 52.0. The molecule has 0 fully saturated rings. The van der Waals surface area contributed by atoms with Crippen molar-refractivity contribution in [2.75, 3.05) is 0 Å². The van der Waals surface area contributed by atoms with Crippen LogP contribution in [0, 0.1) is 13.8 Å². The topological polar surface area (TPSA) is 0 Å². The summed E-state index contributed by atoms with van der Waals surface area (Å²) in [7, 11) is 0. The van der Waals surface area contributed by atoms with Gasteiger partial charge in [0.15, 0.2) is 0 Å². The fourth-order valence-corrected chi connectivity index (χ4v) is 14.6. The third-order valence-corrected chi connectivity index (χ3v) is 19.2. The van der Waals surface area contributed by atoms with Gasteiger partial charge in [-0.05, 0) is 183 Å². The van der Waals surface area contributed by atoms with Crippen molar-refractivity contribution in [2.24, 2.45) is 0 Å². The van der Waals surface area contributed by atoms with Crippen LogP contribution < -0.4 is 0 Å². The van der Waals surface area contributed by atoms with E-state index in [9.17, 15) is 0 Å². The van der Waals surface area contributed by atoms with E-state index in [0.29, 0.717) is 0 Å². The zero-order valence-electron chi connectivity index (χ0n) is 49.2. The number of hydrogen-bond donors (Lipinski definition) is 0. The highest BCUT2D eigenvalue weighted by Gasteiger charge is 2.46. The van der Waals surface area contributed by atoms with Gasteiger partial charge in [-0.3, -0.25) is 0 Å². The molecule has 0 bridgehead atoms. The molecule has 0 saturated carbocycles. The Labute approximate surface area is 501 Å². The van der Waals surface area contributed by atoms with Gasteiger partial charge in [-0.2, -0.15) is 0 Å². The maximum atomic E-state index is 2.44. The fourth-order valence-electron chi connectivity index (χ4n) is 14.6. The van der Waals surface area contributed by atoms with E-state index in [4.69, 9.17) is 0 Å². The lowest BCUT2D eigenvalue weighted by molar-refractivity contribution is 0.660. The Morgan fingerprint density at radius 3 is 0.894 bits per heavy atom. The van der Waals surface area contributed by atoms with Crippen LogP contribution in [0.5, 0.6) is 0 Å². The molecule has 0 nitrogen and oxygen atoms in total. The van der Waals surface area contributed by atoms with Crippen molar-refractivity contribution >= 4 is 23.3 Å². The minimum absolute atomic E-state index is 0.0784. The van der Waals surface area contributed by atoms with Crippen molar-refractivity contribution in [2.45, 2.75) is 57.8 Å². The summed E-state index contributed by atoms with van der Waals surface area (Å²) in [6, 6.07) is 105. The molecule has 406 valence electrons. The van der Waals surface area contributed by atoms with Crippen molar-refractivity contribution in [3.8, 4) is 55.6 Å². The molecule has 0 amide bonds. The van der Waals surface area contributed by atoms with E-state index in [1.807, 2.05) is 0 Å². The first-order valence-corrected chi connectivity index (χ1v) is 30.1. The second-order valence-corrected chi connectivity index (χ2v) is 24.9. The quantitative estimate of drug-likeness (QED) is 0.120. The average molecular weight is 1090 g/mol. The van der Waals surface area contributed by atoms with E-state index in [-0.39, 0.29) is 10.8 Å². The highest BCUT2D eigenvalue weighted by Crippen LogP contribution is 2.57. The van der Waals surface area contributed by atoms with Crippen molar-refractivity contribution < 1.29 is 0 Å². The van der Waals surface area contributed by atoms with Crippen LogP contribution in [-0.4, -0.2) is 0 Å². The largest absolute Gasteiger partial charge is 0.0713 e. The molecule has 0 heterocycles. The highest BCUT2D eigenvalue weighted by atomic mass is 14.5. The second-order valence-electron chi connectivity index (χ2n) is 24.9. The molecule has 0 N–H and O–H groups in total. The van der Waals surface area contributed by atoms with E-state index in [0.717, 1.165) is 0 Å². The summed E-state index contributed by atoms with van der Waals surface area (Å²) < 4.78 is 0. The van der Waals surface area contributed by atoms with Crippen LogP contribution >= 0.6 is 0 Å². The van der Waals surface area contributed by atoms with Gasteiger partial charge in [0.05, 0.1) is 5.41 Å². The molecule has 0 atom stereocenters. The smallest absolute Gasteiger partial charge is 0.0619 e. The van der Waals surface area contributed by atoms with Crippen molar-refractivity contribution in [1.82, 2.24) is 0 Å². The molecule has 85 heavy (non-hydrogen) atoms. The summed E-state index contributed by atoms with van der Waals surface area (Å²) in [5.41, 5.74) is 34.9. The Hall–Kier alpha value is -9.88. The van der Waals surface area contributed by atoms with Crippen molar-refractivity contribution in [3.63, 3.8) is 0 Å². The summed E-state index contributed by atoms with van der Waals surface area (Å²) in [4.78, 5) is 0. The zero-order chi connectivity index (χ0) is 57.6. The summed E-state index contributed by atoms with van der Waals surface area (Å²) in [6.45, 7) is 13.8. The number of benzene rings is 12. The van der Waals surface area contributed by atoms with E-state index in [2.05, 4.69) is 333 Å². The van der Waals surface area contributed by atoms with Gasteiger partial charge in [-0.1, -0.05) is 306 Å². The molecule has 0 radical (unpaired) electrons. The van der Waals surface area contributed by atoms with E-state index in [1.54, 1.807) is 0 Å². The van der Waals surface area contributed by atoms with E-state index >= 15 is 0 Å². The standard InChI is InChI=1S/C85H66/c1-55-23-31-63(32-24-55)75(65-43-49-73-69-15-7-11-19-77(69)83(3,4)81(73)53-65)51-57-27-35-59(36-28-57)61-39-45-67(46-40-61)85(79-21-13-9-17-71(79)72-18-10-14-22-80(72)85)68-47-41-62(42-48-68)60-37-29-58(30-38-60)52-76(64-33-25-56(2)26-34-64)66-44-50-74-70-16-8-12-20-78(70)84(5,6)82(74)54-66/h7-54H,1-6H3. The third-order valence-electron chi connectivity index (χ3n) is 19.2. The van der Waals surface area contributed by atoms with Gasteiger partial charge in [0.25, 0.3) is 0 Å². The number of rotatable bonds is 10. The van der Waals surface area contributed by atoms with Crippen molar-refractivity contribution in [1.29, 1.82) is 0 Å². The summed E-state index contributed by atoms with van der Waals surface area (Å²) in [5.74, 6) is 0. The Morgan fingerprint density at radius 1 is 0.259 bits per heavy atom. The highest BCUT2D eigenvalue weighted by molar-refractivity contribution is 5.96. The Bertz CT molecular complexity index is 4330. The monoisotopic (exact) mass is 1090 g/mol. The first-order valence-electron chi connectivity index (χ1n) is 30.1. The molecule has 0 saturated heterocycles. The molecule has 0 aromatic heterocycles. The van der Waals surface area contributed by atoms with E-state index in [1.165, 1.54) is 156 Å². The molecule has 3 aliphatic carbocycles. The Morgan fingerprint density at radius 2 is 0.541 bits per heavy atom. The summed E-state index contributed by atoms with van der Waals surface area (Å²) in [5, 5.41) is 0. The molecular formula is C85H66. The Kier molecular flexibility index (Phi) is 12.3. The van der Waals surface area contributed by atoms with Gasteiger partial charge in [0.2, 0.25) is 0 Å². The Balaban J connectivity index is 0.747. The van der Waals surface area contributed by atoms with Crippen LogP contribution in [0.15, 0.2) is 279 Å². The van der Waals surface area contributed by atoms with E-state index < -0.39 is 5.41 Å². The van der Waals surface area contributed by atoms with Gasteiger partial charge in [-0.15, -0.1) is 0 Å². The van der Waals surface area contributed by atoms with Gasteiger partial charge in [0, 0.05) is 10.8 Å². The van der Waals surface area contributed by atoms with Crippen molar-refractivity contribution in [3.05, 3.63) is 368 Å². The fraction of sp³-hybridized carbons (Fsp3) is 0.106. The molecule has 0 aliphatic heterocycles. The second kappa shape index (κ2) is 20.2. The maximum absolute atomic E-state index is 2.44. The normalized spacial score (nSPS) is 14.7. The minimum atomic E-state index is -0.516. The van der Waals surface area contributed by atoms with Gasteiger partial charge < -0.3 is 0 Å². The lowest BCUT2D eigenvalue weighted by Crippen LogP contribution is -2.28. The minimum Gasteiger partial charge on any atom is -0.0619 e. The van der Waals surface area contributed by atoms with Crippen LogP contribution in [-0.2, 0) is 16.2 Å². The predicted molar refractivity (Wildman–Crippen MR) is 359 cm³/mol. The SMILES string of the molecule is Cc1ccc(C(=Cc2ccc(-c3ccc(C4(c5ccc(-c6ccc(C=C(c7ccc(C)cc7)c7ccc8c(c7)C(C)(C)c7ccccc7-8)cc6)cc5)c5ccccc5-c5ccccc54)cc3)cc2)c2ccc3c(c2)C(C)(C)c2ccccc2-3)cc1. The number of aryl methyl sites for hydroxylation is 2. The summed E-state index contributed by atoms with van der Waals surface area (Å²) >= 11 is 0. The first-order chi connectivity index (χ1) is 41.4. The number of fused-ring (bicyclic) bond motifs is 9. The van der Waals surface area contributed by atoms with Crippen LogP contribution in [0.3, 0.4) is 0 Å². The molecule has 12 aromatic rings. The lowest BCUT2D eigenvalue weighted by Gasteiger charge is -2.34. The van der Waals surface area contributed by atoms with Gasteiger partial charge in [-0.25, -0.2) is 0 Å². The zero-order valence-corrected chi connectivity index (χ0v) is 49.2. The molecule has 3 aliphatic rings. The molecular weight excluding hydrogens is 1020 g/mol. The van der Waals surface area contributed by atoms with Crippen LogP contribution in [0.25, 0.3) is 78.9 Å². The molecule has 12 aromatic carbocycles. The average Bonchev–Trinajstić information content (AvgIpc) is 1.71. The molecule has 0 unspecified atom stereocenters. The lowest BCUT2D eigenvalue weighted by atomic mass is 9.67. The molecule has 0 heteroatoms. The molecule has 15 rings (SSSR count).